The Morgan fingerprint density at radius 3 is 2.25 bits per heavy atom. The highest BCUT2D eigenvalue weighted by Gasteiger charge is 2.30. The number of nitrogens with zero attached hydrogens (tertiary/aromatic N) is 1. The maximum atomic E-state index is 12.3. The first kappa shape index (κ1) is 30.1. The van der Waals surface area contributed by atoms with Gasteiger partial charge in [-0.25, -0.2) is 4.98 Å². The maximum absolute atomic E-state index is 12.3. The predicted molar refractivity (Wildman–Crippen MR) is 155 cm³/mol. The van der Waals surface area contributed by atoms with Gasteiger partial charge in [0.05, 0.1) is 22.0 Å². The number of hydrogen-bond donors (Lipinski definition) is 9. The number of rotatable bonds is 9. The third-order valence-corrected chi connectivity index (χ3v) is 6.54. The number of aliphatic hydroxyl groups is 2. The molecule has 0 radical (unpaired) electrons. The highest BCUT2D eigenvalue weighted by Crippen LogP contribution is 2.44. The highest BCUT2D eigenvalue weighted by atomic mass is 16.3. The number of nitrogens with one attached hydrogen (secondary N) is 3. The minimum atomic E-state index is -1.07. The molecular formula is C29H36N6O5. The van der Waals surface area contributed by atoms with E-state index in [1.54, 1.807) is 62.4 Å². The molecular weight excluding hydrogens is 512 g/mol. The number of carbonyl (C=O) groups is 1. The third-order valence-electron chi connectivity index (χ3n) is 6.54. The molecule has 1 amide bonds. The second-order valence-corrected chi connectivity index (χ2v) is 9.82. The van der Waals surface area contributed by atoms with Gasteiger partial charge in [-0.05, 0) is 80.9 Å². The molecule has 3 aromatic carbocycles. The van der Waals surface area contributed by atoms with Gasteiger partial charge >= 0.3 is 0 Å². The van der Waals surface area contributed by atoms with Crippen molar-refractivity contribution in [1.29, 1.82) is 5.41 Å². The summed E-state index contributed by atoms with van der Waals surface area (Å²) < 4.78 is 0. The lowest BCUT2D eigenvalue weighted by Crippen LogP contribution is -2.35. The van der Waals surface area contributed by atoms with E-state index in [9.17, 15) is 15.0 Å². The second-order valence-electron chi connectivity index (χ2n) is 9.82. The van der Waals surface area contributed by atoms with Gasteiger partial charge in [0, 0.05) is 36.4 Å². The number of hydrogen-bond acceptors (Lipinski definition) is 8. The Hall–Kier alpha value is -4.45. The van der Waals surface area contributed by atoms with E-state index >= 15 is 0 Å². The van der Waals surface area contributed by atoms with E-state index in [1.165, 1.54) is 0 Å². The van der Waals surface area contributed by atoms with Crippen LogP contribution in [0.5, 0.6) is 11.5 Å². The molecule has 0 aliphatic heterocycles. The molecule has 0 atom stereocenters. The molecule has 11 heteroatoms. The number of imidazole rings is 1. The minimum Gasteiger partial charge on any atom is -0.507 e. The van der Waals surface area contributed by atoms with Gasteiger partial charge in [0.15, 0.2) is 0 Å². The number of carbonyl (C=O) groups excluding carboxylic acids is 1. The molecule has 0 bridgehead atoms. The quantitative estimate of drug-likeness (QED) is 0.112. The number of aliphatic hydroxyl groups excluding tert-OH is 2. The Morgan fingerprint density at radius 2 is 1.68 bits per heavy atom. The van der Waals surface area contributed by atoms with Crippen molar-refractivity contribution in [3.8, 4) is 34.0 Å². The van der Waals surface area contributed by atoms with Gasteiger partial charge in [0.2, 0.25) is 5.91 Å². The van der Waals surface area contributed by atoms with Crippen LogP contribution in [0.2, 0.25) is 0 Å². The standard InChI is InChI=1S/C26H28N6O3.C3H8O2/c1-26(2,25(29)35)15-10-17(16-8-13(12-30-3)4-7-21(16)33)22(34)18(11-15)24-31-19-6-5-14(23(27)28)9-20(19)32-24;4-2-1-3-5/h4-11,30,33-34H,12H2,1-3H3,(H3,27,28)(H2,29,35)(H,31,32);4-5H,1-3H2. The molecule has 212 valence electrons. The number of nitrogen functional groups attached to an aromatic ring is 1. The zero-order chi connectivity index (χ0) is 29.6. The Balaban J connectivity index is 0.000000810. The average Bonchev–Trinajstić information content (AvgIpc) is 3.34. The summed E-state index contributed by atoms with van der Waals surface area (Å²) in [5.41, 5.74) is 14.6. The molecule has 0 fully saturated rings. The van der Waals surface area contributed by atoms with E-state index in [2.05, 4.69) is 15.3 Å². The molecule has 40 heavy (non-hydrogen) atoms. The number of phenols is 2. The first-order valence-corrected chi connectivity index (χ1v) is 12.6. The fourth-order valence-electron chi connectivity index (χ4n) is 4.01. The smallest absolute Gasteiger partial charge is 0.227 e. The van der Waals surface area contributed by atoms with E-state index in [0.29, 0.717) is 57.6 Å². The molecule has 0 aliphatic carbocycles. The van der Waals surface area contributed by atoms with E-state index < -0.39 is 11.3 Å². The first-order chi connectivity index (χ1) is 18.9. The van der Waals surface area contributed by atoms with Crippen LogP contribution in [0.4, 0.5) is 0 Å². The summed E-state index contributed by atoms with van der Waals surface area (Å²) in [6.07, 6.45) is 0.500. The number of aromatic nitrogens is 2. The molecule has 0 saturated carbocycles. The van der Waals surface area contributed by atoms with Crippen LogP contribution in [0.1, 0.15) is 37.0 Å². The summed E-state index contributed by atoms with van der Waals surface area (Å²) >= 11 is 0. The van der Waals surface area contributed by atoms with E-state index in [-0.39, 0.29) is 30.5 Å². The van der Waals surface area contributed by atoms with Gasteiger partial charge < -0.3 is 42.2 Å². The summed E-state index contributed by atoms with van der Waals surface area (Å²) in [4.78, 5) is 20.1. The predicted octanol–water partition coefficient (Wildman–Crippen LogP) is 2.44. The topological polar surface area (TPSA) is 215 Å². The second kappa shape index (κ2) is 12.6. The van der Waals surface area contributed by atoms with Crippen LogP contribution in [0.15, 0.2) is 48.5 Å². The van der Waals surface area contributed by atoms with Crippen molar-refractivity contribution in [3.63, 3.8) is 0 Å². The van der Waals surface area contributed by atoms with E-state index in [0.717, 1.165) is 5.56 Å². The number of fused-ring (bicyclic) bond motifs is 1. The summed E-state index contributed by atoms with van der Waals surface area (Å²) in [6.45, 7) is 4.15. The van der Waals surface area contributed by atoms with Crippen molar-refractivity contribution in [2.24, 2.45) is 11.5 Å². The van der Waals surface area contributed by atoms with E-state index in [1.807, 2.05) is 7.05 Å². The van der Waals surface area contributed by atoms with Crippen LogP contribution in [0.3, 0.4) is 0 Å². The van der Waals surface area contributed by atoms with Gasteiger partial charge in [0.1, 0.15) is 23.2 Å². The number of H-pyrrole nitrogens is 1. The fourth-order valence-corrected chi connectivity index (χ4v) is 4.01. The van der Waals surface area contributed by atoms with Crippen LogP contribution in [-0.4, -0.2) is 62.4 Å². The van der Waals surface area contributed by atoms with E-state index in [4.69, 9.17) is 27.1 Å². The number of nitrogens with two attached hydrogens (primary N) is 2. The van der Waals surface area contributed by atoms with Crippen molar-refractivity contribution in [2.75, 3.05) is 20.3 Å². The molecule has 0 aliphatic rings. The lowest BCUT2D eigenvalue weighted by Gasteiger charge is -2.24. The third kappa shape index (κ3) is 6.40. The molecule has 0 unspecified atom stereocenters. The summed E-state index contributed by atoms with van der Waals surface area (Å²) in [5.74, 6) is -0.390. The van der Waals surface area contributed by atoms with Crippen molar-refractivity contribution in [1.82, 2.24) is 15.3 Å². The highest BCUT2D eigenvalue weighted by molar-refractivity contribution is 5.98. The van der Waals surface area contributed by atoms with Crippen LogP contribution >= 0.6 is 0 Å². The molecule has 0 saturated heterocycles. The van der Waals surface area contributed by atoms with Crippen molar-refractivity contribution in [2.45, 2.75) is 32.2 Å². The van der Waals surface area contributed by atoms with Crippen LogP contribution in [-0.2, 0) is 16.8 Å². The summed E-state index contributed by atoms with van der Waals surface area (Å²) in [5, 5.41) is 48.6. The number of benzene rings is 3. The van der Waals surface area contributed by atoms with Gasteiger partial charge in [-0.2, -0.15) is 0 Å². The van der Waals surface area contributed by atoms with Crippen molar-refractivity contribution in [3.05, 3.63) is 65.2 Å². The summed E-state index contributed by atoms with van der Waals surface area (Å²) in [6, 6.07) is 13.6. The number of amidine groups is 1. The van der Waals surface area contributed by atoms with Crippen LogP contribution < -0.4 is 16.8 Å². The Kier molecular flexibility index (Phi) is 9.48. The Labute approximate surface area is 232 Å². The van der Waals surface area contributed by atoms with Crippen LogP contribution in [0.25, 0.3) is 33.5 Å². The average molecular weight is 549 g/mol. The number of primary amides is 1. The molecule has 1 heterocycles. The van der Waals surface area contributed by atoms with Gasteiger partial charge in [-0.15, -0.1) is 0 Å². The Bertz CT molecular complexity index is 1530. The molecule has 1 aromatic heterocycles. The number of aromatic amines is 1. The largest absolute Gasteiger partial charge is 0.507 e. The van der Waals surface area contributed by atoms with Crippen molar-refractivity contribution < 1.29 is 25.2 Å². The molecule has 0 spiro atoms. The monoisotopic (exact) mass is 548 g/mol. The Morgan fingerprint density at radius 1 is 1.00 bits per heavy atom. The molecule has 4 rings (SSSR count). The molecule has 11 N–H and O–H groups in total. The maximum Gasteiger partial charge on any atom is 0.227 e. The number of amides is 1. The first-order valence-electron chi connectivity index (χ1n) is 12.6. The van der Waals surface area contributed by atoms with Gasteiger partial charge in [-0.3, -0.25) is 10.2 Å². The lowest BCUT2D eigenvalue weighted by molar-refractivity contribution is -0.122. The molecule has 11 nitrogen and oxygen atoms in total. The SMILES string of the molecule is CNCc1ccc(O)c(-c2cc(C(C)(C)C(N)=O)cc(-c3nc4ccc(C(=N)N)cc4[nH]3)c2O)c1.OCCCO. The normalized spacial score (nSPS) is 11.2. The summed E-state index contributed by atoms with van der Waals surface area (Å²) in [7, 11) is 1.82. The van der Waals surface area contributed by atoms with Gasteiger partial charge in [-0.1, -0.05) is 6.07 Å². The number of aromatic hydroxyl groups is 2. The van der Waals surface area contributed by atoms with Crippen LogP contribution in [0, 0.1) is 5.41 Å². The zero-order valence-electron chi connectivity index (χ0n) is 22.7. The zero-order valence-corrected chi connectivity index (χ0v) is 22.7. The molecule has 4 aromatic rings. The van der Waals surface area contributed by atoms with Crippen molar-refractivity contribution >= 4 is 22.8 Å². The fraction of sp³-hybridized carbons (Fsp3) is 0.276. The minimum absolute atomic E-state index is 0.0177. The number of phenolic OH excluding ortho intramolecular Hbond substituents is 2. The van der Waals surface area contributed by atoms with Gasteiger partial charge in [0.25, 0.3) is 0 Å². The lowest BCUT2D eigenvalue weighted by atomic mass is 9.81.